The van der Waals surface area contributed by atoms with E-state index in [-0.39, 0.29) is 25.4 Å². The first-order valence-corrected chi connectivity index (χ1v) is 14.4. The van der Waals surface area contributed by atoms with Crippen molar-refractivity contribution in [2.75, 3.05) is 0 Å². The molecule has 0 radical (unpaired) electrons. The van der Waals surface area contributed by atoms with Crippen molar-refractivity contribution in [3.05, 3.63) is 125 Å². The van der Waals surface area contributed by atoms with E-state index in [0.29, 0.717) is 46.6 Å². The van der Waals surface area contributed by atoms with Crippen molar-refractivity contribution in [3.63, 3.8) is 0 Å². The van der Waals surface area contributed by atoms with Gasteiger partial charge in [-0.05, 0) is 88.7 Å². The number of hydrogen-bond donors (Lipinski definition) is 1. The SMILES string of the molecule is C.CCC(=O)/C(=C\Cc1cccc(CC(=O)O)c1)c1cc(-c2ccc(-c3ccccc3C3CCC3)cc2)c(F)cc1C. The largest absolute Gasteiger partial charge is 0.481 e. The maximum absolute atomic E-state index is 15.4. The molecule has 0 bridgehead atoms. The van der Waals surface area contributed by atoms with E-state index in [1.165, 1.54) is 36.5 Å². The lowest BCUT2D eigenvalue weighted by Gasteiger charge is -2.28. The van der Waals surface area contributed by atoms with Crippen LogP contribution >= 0.6 is 0 Å². The van der Waals surface area contributed by atoms with Gasteiger partial charge in [0.15, 0.2) is 5.78 Å². The van der Waals surface area contributed by atoms with Gasteiger partial charge in [-0.25, -0.2) is 4.39 Å². The van der Waals surface area contributed by atoms with Gasteiger partial charge in [-0.15, -0.1) is 0 Å². The smallest absolute Gasteiger partial charge is 0.307 e. The van der Waals surface area contributed by atoms with E-state index in [1.807, 2.05) is 50.3 Å². The summed E-state index contributed by atoms with van der Waals surface area (Å²) in [5.41, 5.74) is 8.57. The minimum Gasteiger partial charge on any atom is -0.481 e. The number of halogens is 1. The molecule has 0 saturated heterocycles. The number of allylic oxidation sites excluding steroid dienone is 2. The van der Waals surface area contributed by atoms with Crippen molar-refractivity contribution in [1.29, 1.82) is 0 Å². The molecule has 0 amide bonds. The monoisotopic (exact) mass is 562 g/mol. The van der Waals surface area contributed by atoms with E-state index >= 15 is 4.39 Å². The molecule has 1 fully saturated rings. The molecule has 4 aromatic rings. The van der Waals surface area contributed by atoms with Crippen LogP contribution in [0.25, 0.3) is 27.8 Å². The lowest BCUT2D eigenvalue weighted by molar-refractivity contribution is -0.136. The van der Waals surface area contributed by atoms with Crippen molar-refractivity contribution in [2.24, 2.45) is 0 Å². The maximum Gasteiger partial charge on any atom is 0.307 e. The van der Waals surface area contributed by atoms with Crippen LogP contribution in [0, 0.1) is 12.7 Å². The van der Waals surface area contributed by atoms with E-state index in [4.69, 9.17) is 5.11 Å². The quantitative estimate of drug-likeness (QED) is 0.196. The summed E-state index contributed by atoms with van der Waals surface area (Å²) in [6, 6.07) is 27.3. The Bertz CT molecular complexity index is 1610. The number of carboxylic acid groups (broad SMARTS) is 1. The summed E-state index contributed by atoms with van der Waals surface area (Å²) >= 11 is 0. The predicted molar refractivity (Wildman–Crippen MR) is 170 cm³/mol. The number of hydrogen-bond acceptors (Lipinski definition) is 2. The Morgan fingerprint density at radius 3 is 2.19 bits per heavy atom. The Hall–Kier alpha value is -4.31. The average Bonchev–Trinajstić information content (AvgIpc) is 2.93. The number of aliphatic carboxylic acids is 1. The molecular formula is C38H39FO3. The van der Waals surface area contributed by atoms with Crippen LogP contribution in [0.1, 0.15) is 73.8 Å². The number of aryl methyl sites for hydroxylation is 1. The predicted octanol–water partition coefficient (Wildman–Crippen LogP) is 9.60. The molecule has 0 heterocycles. The van der Waals surface area contributed by atoms with Crippen LogP contribution in [-0.2, 0) is 22.4 Å². The van der Waals surface area contributed by atoms with Gasteiger partial charge in [0.05, 0.1) is 6.42 Å². The van der Waals surface area contributed by atoms with Gasteiger partial charge in [-0.2, -0.15) is 0 Å². The molecule has 0 aliphatic heterocycles. The molecule has 0 unspecified atom stereocenters. The zero-order valence-corrected chi connectivity index (χ0v) is 23.6. The molecule has 1 saturated carbocycles. The zero-order chi connectivity index (χ0) is 28.9. The summed E-state index contributed by atoms with van der Waals surface area (Å²) in [6.45, 7) is 3.65. The number of ketones is 1. The second kappa shape index (κ2) is 13.6. The molecule has 1 N–H and O–H groups in total. The van der Waals surface area contributed by atoms with Gasteiger partial charge in [0, 0.05) is 17.6 Å². The van der Waals surface area contributed by atoms with E-state index in [1.54, 1.807) is 12.1 Å². The van der Waals surface area contributed by atoms with Crippen LogP contribution in [0.15, 0.2) is 91.0 Å². The second-order valence-electron chi connectivity index (χ2n) is 10.9. The van der Waals surface area contributed by atoms with Gasteiger partial charge in [-0.1, -0.05) is 99.6 Å². The minimum atomic E-state index is -0.885. The third-order valence-corrected chi connectivity index (χ3v) is 8.13. The summed E-state index contributed by atoms with van der Waals surface area (Å²) in [6.07, 6.45) is 6.36. The topological polar surface area (TPSA) is 54.4 Å². The van der Waals surface area contributed by atoms with E-state index < -0.39 is 5.97 Å². The first-order valence-electron chi connectivity index (χ1n) is 14.4. The Labute approximate surface area is 248 Å². The molecule has 0 atom stereocenters. The third kappa shape index (κ3) is 6.76. The number of carbonyl (C=O) groups is 2. The van der Waals surface area contributed by atoms with Crippen molar-refractivity contribution in [1.82, 2.24) is 0 Å². The molecule has 1 aliphatic carbocycles. The number of rotatable bonds is 10. The lowest BCUT2D eigenvalue weighted by atomic mass is 9.77. The molecule has 4 heteroatoms. The molecule has 42 heavy (non-hydrogen) atoms. The highest BCUT2D eigenvalue weighted by molar-refractivity contribution is 6.21. The molecule has 5 rings (SSSR count). The molecule has 1 aliphatic rings. The van der Waals surface area contributed by atoms with E-state index in [0.717, 1.165) is 16.7 Å². The van der Waals surface area contributed by atoms with Crippen molar-refractivity contribution < 1.29 is 19.1 Å². The van der Waals surface area contributed by atoms with E-state index in [2.05, 4.69) is 36.4 Å². The second-order valence-corrected chi connectivity index (χ2v) is 10.9. The Balaban J connectivity index is 0.00000405. The molecule has 3 nitrogen and oxygen atoms in total. The van der Waals surface area contributed by atoms with Crippen molar-refractivity contribution in [2.45, 2.75) is 65.7 Å². The number of carbonyl (C=O) groups excluding carboxylic acids is 1. The first kappa shape index (κ1) is 30.6. The van der Waals surface area contributed by atoms with E-state index in [9.17, 15) is 9.59 Å². The van der Waals surface area contributed by atoms with Gasteiger partial charge in [0.2, 0.25) is 0 Å². The molecule has 216 valence electrons. The number of Topliss-reactive ketones (excluding diaryl/α,β-unsaturated/α-hetero) is 1. The number of carboxylic acids is 1. The summed E-state index contributed by atoms with van der Waals surface area (Å²) in [5.74, 6) is -0.609. The van der Waals surface area contributed by atoms with Gasteiger partial charge >= 0.3 is 5.97 Å². The van der Waals surface area contributed by atoms with Gasteiger partial charge in [0.25, 0.3) is 0 Å². The summed E-state index contributed by atoms with van der Waals surface area (Å²) in [5, 5.41) is 9.13. The van der Waals surface area contributed by atoms with Gasteiger partial charge in [-0.3, -0.25) is 9.59 Å². The Morgan fingerprint density at radius 2 is 1.55 bits per heavy atom. The maximum atomic E-state index is 15.4. The average molecular weight is 563 g/mol. The van der Waals surface area contributed by atoms with Crippen LogP contribution in [-0.4, -0.2) is 16.9 Å². The molecule has 0 spiro atoms. The van der Waals surface area contributed by atoms with Gasteiger partial charge in [0.1, 0.15) is 5.82 Å². The number of benzene rings is 4. The van der Waals surface area contributed by atoms with Crippen LogP contribution in [0.3, 0.4) is 0 Å². The normalized spacial score (nSPS) is 13.3. The first-order chi connectivity index (χ1) is 19.8. The molecule has 0 aromatic heterocycles. The fraction of sp³-hybridized carbons (Fsp3) is 0.263. The highest BCUT2D eigenvalue weighted by Gasteiger charge is 2.22. The van der Waals surface area contributed by atoms with Crippen molar-refractivity contribution >= 4 is 17.3 Å². The summed E-state index contributed by atoms with van der Waals surface area (Å²) < 4.78 is 15.4. The minimum absolute atomic E-state index is 0. The van der Waals surface area contributed by atoms with Crippen molar-refractivity contribution in [3.8, 4) is 22.3 Å². The van der Waals surface area contributed by atoms with Crippen LogP contribution in [0.2, 0.25) is 0 Å². The molecule has 4 aromatic carbocycles. The Morgan fingerprint density at radius 1 is 0.881 bits per heavy atom. The van der Waals surface area contributed by atoms with Crippen LogP contribution in [0.5, 0.6) is 0 Å². The highest BCUT2D eigenvalue weighted by Crippen LogP contribution is 2.41. The van der Waals surface area contributed by atoms with Crippen LogP contribution < -0.4 is 0 Å². The zero-order valence-electron chi connectivity index (χ0n) is 23.6. The summed E-state index contributed by atoms with van der Waals surface area (Å²) in [7, 11) is 0. The fourth-order valence-electron chi connectivity index (χ4n) is 5.67. The van der Waals surface area contributed by atoms with Crippen LogP contribution in [0.4, 0.5) is 4.39 Å². The lowest BCUT2D eigenvalue weighted by Crippen LogP contribution is -2.09. The summed E-state index contributed by atoms with van der Waals surface area (Å²) in [4.78, 5) is 24.2. The fourth-order valence-corrected chi connectivity index (χ4v) is 5.67. The molecular weight excluding hydrogens is 523 g/mol. The third-order valence-electron chi connectivity index (χ3n) is 8.13. The van der Waals surface area contributed by atoms with Gasteiger partial charge < -0.3 is 5.11 Å². The highest BCUT2D eigenvalue weighted by atomic mass is 19.1. The Kier molecular flexibility index (Phi) is 9.90. The standard InChI is InChI=1S/C37H35FO3.CH4/c1-3-36(39)32(19-14-25-8-6-9-26(21-25)22-37(40)41)33-23-34(35(38)20-24(33)2)29-17-15-28(16-18-29)31-13-5-4-12-30(31)27-10-7-11-27;/h4-6,8-9,12-13,15-21,23,27H,3,7,10-11,14,22H2,1-2H3,(H,40,41);1H4/b32-19-;.